The lowest BCUT2D eigenvalue weighted by atomic mass is 10.1. The second-order valence-corrected chi connectivity index (χ2v) is 16.5. The Morgan fingerprint density at radius 1 is 0.469 bits per heavy atom. The van der Waals surface area contributed by atoms with Crippen molar-refractivity contribution < 1.29 is 57.0 Å². The Labute approximate surface area is 387 Å². The highest BCUT2D eigenvalue weighted by atomic mass is 16.7. The molecular weight excluding hydrogens is 817 g/mol. The number of esters is 3. The number of carbonyl (C=O) groups excluding carboxylic acids is 3. The fourth-order valence-corrected chi connectivity index (χ4v) is 6.97. The van der Waals surface area contributed by atoms with Crippen molar-refractivity contribution in [3.8, 4) is 17.2 Å². The zero-order chi connectivity index (χ0) is 46.6. The van der Waals surface area contributed by atoms with E-state index in [0.29, 0.717) is 12.8 Å². The molecule has 0 aromatic heterocycles. The second-order valence-electron chi connectivity index (χ2n) is 16.5. The molecule has 368 valence electrons. The number of unbranched alkanes of at least 4 members (excludes halogenated alkanes) is 22. The number of methoxy groups -OCH3 is 3. The van der Waals surface area contributed by atoms with E-state index in [1.807, 2.05) is 0 Å². The average molecular weight is 905 g/mol. The van der Waals surface area contributed by atoms with Crippen LogP contribution in [0, 0.1) is 0 Å². The summed E-state index contributed by atoms with van der Waals surface area (Å²) >= 11 is 0. The normalized spacial score (nSPS) is 11.9. The molecule has 0 fully saturated rings. The van der Waals surface area contributed by atoms with Gasteiger partial charge in [0.2, 0.25) is 5.75 Å². The van der Waals surface area contributed by atoms with Gasteiger partial charge in [0.25, 0.3) is 0 Å². The first-order chi connectivity index (χ1) is 31.4. The van der Waals surface area contributed by atoms with Crippen molar-refractivity contribution in [2.24, 2.45) is 0 Å². The highest BCUT2D eigenvalue weighted by Crippen LogP contribution is 2.39. The molecule has 0 radical (unpaired) electrons. The van der Waals surface area contributed by atoms with Crippen LogP contribution in [0.4, 0.5) is 0 Å². The van der Waals surface area contributed by atoms with E-state index < -0.39 is 18.0 Å². The molecule has 1 rings (SSSR count). The minimum Gasteiger partial charge on any atom is -0.463 e. The van der Waals surface area contributed by atoms with Gasteiger partial charge in [0.15, 0.2) is 38.0 Å². The van der Waals surface area contributed by atoms with Gasteiger partial charge in [-0.15, -0.1) is 0 Å². The highest BCUT2D eigenvalue weighted by molar-refractivity contribution is 5.91. The number of rotatable bonds is 45. The Kier molecular flexibility index (Phi) is 39.5. The van der Waals surface area contributed by atoms with Crippen LogP contribution >= 0.6 is 0 Å². The van der Waals surface area contributed by atoms with Crippen molar-refractivity contribution >= 4 is 17.9 Å². The third-order valence-electron chi connectivity index (χ3n) is 10.7. The van der Waals surface area contributed by atoms with Crippen LogP contribution in [-0.2, 0) is 38.0 Å². The predicted octanol–water partition coefficient (Wildman–Crippen LogP) is 13.3. The maximum absolute atomic E-state index is 13.4. The topological polar surface area (TPSA) is 134 Å². The van der Waals surface area contributed by atoms with Gasteiger partial charge in [-0.3, -0.25) is 9.59 Å². The van der Waals surface area contributed by atoms with Gasteiger partial charge in [-0.2, -0.15) is 0 Å². The van der Waals surface area contributed by atoms with Gasteiger partial charge in [0.05, 0.1) is 5.56 Å². The highest BCUT2D eigenvalue weighted by Gasteiger charge is 2.23. The van der Waals surface area contributed by atoms with Crippen LogP contribution in [0.25, 0.3) is 0 Å². The predicted molar refractivity (Wildman–Crippen MR) is 254 cm³/mol. The molecule has 1 aromatic rings. The number of allylic oxidation sites excluding steroid dienone is 4. The van der Waals surface area contributed by atoms with E-state index >= 15 is 0 Å². The van der Waals surface area contributed by atoms with Crippen molar-refractivity contribution in [3.63, 3.8) is 0 Å². The van der Waals surface area contributed by atoms with Crippen LogP contribution in [0.1, 0.15) is 204 Å². The lowest BCUT2D eigenvalue weighted by Crippen LogP contribution is -2.31. The van der Waals surface area contributed by atoms with Gasteiger partial charge in [-0.05, 0) is 76.3 Å². The summed E-state index contributed by atoms with van der Waals surface area (Å²) in [6.45, 7) is 3.55. The first-order valence-electron chi connectivity index (χ1n) is 24.7. The van der Waals surface area contributed by atoms with Gasteiger partial charge in [-0.1, -0.05) is 141 Å². The van der Waals surface area contributed by atoms with E-state index in [9.17, 15) is 14.4 Å². The fourth-order valence-electron chi connectivity index (χ4n) is 6.97. The van der Waals surface area contributed by atoms with Crippen molar-refractivity contribution in [2.75, 3.05) is 54.9 Å². The Morgan fingerprint density at radius 3 is 1.28 bits per heavy atom. The van der Waals surface area contributed by atoms with Crippen molar-refractivity contribution in [1.29, 1.82) is 0 Å². The smallest absolute Gasteiger partial charge is 0.338 e. The lowest BCUT2D eigenvalue weighted by molar-refractivity contribution is -0.161. The molecule has 1 atom stereocenters. The molecule has 64 heavy (non-hydrogen) atoms. The van der Waals surface area contributed by atoms with Crippen LogP contribution in [0.15, 0.2) is 36.4 Å². The summed E-state index contributed by atoms with van der Waals surface area (Å²) in [4.78, 5) is 39.2. The number of ether oxygens (including phenoxy) is 9. The Balaban J connectivity index is 2.68. The van der Waals surface area contributed by atoms with Crippen LogP contribution in [-0.4, -0.2) is 78.9 Å². The largest absolute Gasteiger partial charge is 0.463 e. The third-order valence-corrected chi connectivity index (χ3v) is 10.7. The van der Waals surface area contributed by atoms with Crippen LogP contribution in [0.3, 0.4) is 0 Å². The van der Waals surface area contributed by atoms with Gasteiger partial charge in [-0.25, -0.2) is 4.79 Å². The van der Waals surface area contributed by atoms with Crippen molar-refractivity contribution in [3.05, 3.63) is 42.0 Å². The molecule has 1 unspecified atom stereocenters. The maximum Gasteiger partial charge on any atom is 0.338 e. The molecule has 0 saturated carbocycles. The number of hydrogen-bond acceptors (Lipinski definition) is 12. The van der Waals surface area contributed by atoms with E-state index in [0.717, 1.165) is 64.2 Å². The van der Waals surface area contributed by atoms with Gasteiger partial charge < -0.3 is 42.6 Å². The van der Waals surface area contributed by atoms with E-state index in [2.05, 4.69) is 38.2 Å². The van der Waals surface area contributed by atoms with E-state index in [-0.39, 0.29) is 75.2 Å². The Morgan fingerprint density at radius 2 is 0.844 bits per heavy atom. The monoisotopic (exact) mass is 905 g/mol. The summed E-state index contributed by atoms with van der Waals surface area (Å²) in [5.41, 5.74) is 0.0709. The molecule has 0 aliphatic heterocycles. The van der Waals surface area contributed by atoms with Crippen LogP contribution < -0.4 is 14.2 Å². The molecule has 0 spiro atoms. The van der Waals surface area contributed by atoms with Crippen LogP contribution in [0.2, 0.25) is 0 Å². The molecule has 0 bridgehead atoms. The Bertz CT molecular complexity index is 1320. The molecule has 0 saturated heterocycles. The summed E-state index contributed by atoms with van der Waals surface area (Å²) in [5, 5.41) is 0. The molecule has 0 N–H and O–H groups in total. The molecule has 12 nitrogen and oxygen atoms in total. The summed E-state index contributed by atoms with van der Waals surface area (Å²) < 4.78 is 49.1. The van der Waals surface area contributed by atoms with E-state index in [4.69, 9.17) is 42.6 Å². The summed E-state index contributed by atoms with van der Waals surface area (Å²) in [7, 11) is 4.39. The zero-order valence-corrected chi connectivity index (χ0v) is 40.8. The standard InChI is InChI=1S/C52H88O12/c1-6-8-10-12-14-16-18-20-22-24-26-28-30-32-34-36-49(53)59-40-46(64-50(54)37-35-33-31-29-27-25-23-21-19-17-15-13-11-9-7-2)41-60-52(55)45-38-47(61-42-56-3)51(63-44-58-5)48(39-45)62-43-57-4/h20-23,38-39,46H,6-19,24-37,40-44H2,1-5H3/b22-20-,23-21-. The van der Waals surface area contributed by atoms with E-state index in [1.165, 1.54) is 123 Å². The second kappa shape index (κ2) is 43.3. The maximum atomic E-state index is 13.4. The van der Waals surface area contributed by atoms with Crippen molar-refractivity contribution in [2.45, 2.75) is 200 Å². The van der Waals surface area contributed by atoms with Gasteiger partial charge in [0.1, 0.15) is 13.2 Å². The fraction of sp³-hybridized carbons (Fsp3) is 0.750. The molecule has 0 aliphatic rings. The van der Waals surface area contributed by atoms with Gasteiger partial charge in [0, 0.05) is 34.2 Å². The number of hydrogen-bond donors (Lipinski definition) is 0. The average Bonchev–Trinajstić information content (AvgIpc) is 3.30. The Hall–Kier alpha value is -3.61. The van der Waals surface area contributed by atoms with Crippen LogP contribution in [0.5, 0.6) is 17.2 Å². The summed E-state index contributed by atoms with van der Waals surface area (Å²) in [6.07, 6.45) is 39.0. The summed E-state index contributed by atoms with van der Waals surface area (Å²) in [5.74, 6) is -1.10. The third kappa shape index (κ3) is 33.0. The quantitative estimate of drug-likeness (QED) is 0.0203. The van der Waals surface area contributed by atoms with Crippen molar-refractivity contribution in [1.82, 2.24) is 0 Å². The molecule has 1 aromatic carbocycles. The van der Waals surface area contributed by atoms with E-state index in [1.54, 1.807) is 0 Å². The van der Waals surface area contributed by atoms with Gasteiger partial charge >= 0.3 is 17.9 Å². The lowest BCUT2D eigenvalue weighted by Gasteiger charge is -2.19. The molecule has 0 amide bonds. The molecule has 0 heterocycles. The molecule has 12 heteroatoms. The molecule has 0 aliphatic carbocycles. The number of carbonyl (C=O) groups is 3. The SMILES string of the molecule is CCCCCCCC/C=C\CCCCCCCC(=O)OCC(COC(=O)c1cc(OCOC)c(OCOC)c(OCOC)c1)OC(=O)CCCCCCC/C=C\CCCCCCCC. The minimum atomic E-state index is -0.990. The minimum absolute atomic E-state index is 0.0709. The summed E-state index contributed by atoms with van der Waals surface area (Å²) in [6, 6.07) is 2.85. The molecular formula is C52H88O12. The number of benzene rings is 1. The zero-order valence-electron chi connectivity index (χ0n) is 40.8. The first-order valence-corrected chi connectivity index (χ1v) is 24.7. The first kappa shape index (κ1) is 58.4.